The monoisotopic (exact) mass is 298 g/mol. The van der Waals surface area contributed by atoms with Gasteiger partial charge >= 0.3 is 0 Å². The summed E-state index contributed by atoms with van der Waals surface area (Å²) in [6.45, 7) is 4.21. The number of hydrogen-bond acceptors (Lipinski definition) is 5. The second-order valence-corrected chi connectivity index (χ2v) is 7.30. The first kappa shape index (κ1) is 15.0. The Morgan fingerprint density at radius 2 is 2.11 bits per heavy atom. The van der Waals surface area contributed by atoms with E-state index in [1.54, 1.807) is 7.11 Å². The summed E-state index contributed by atoms with van der Waals surface area (Å²) in [7, 11) is 1.72. The molecule has 1 heterocycles. The minimum atomic E-state index is 0.211. The molecule has 3 N–H and O–H groups in total. The number of thioether (sulfide) groups is 2. The number of hydrazine groups is 1. The van der Waals surface area contributed by atoms with E-state index in [0.717, 1.165) is 17.1 Å². The second kappa shape index (κ2) is 6.88. The molecule has 19 heavy (non-hydrogen) atoms. The minimum absolute atomic E-state index is 0.211. The molecule has 0 aromatic heterocycles. The lowest BCUT2D eigenvalue weighted by atomic mass is 9.96. The fraction of sp³-hybridized carbons (Fsp3) is 0.571. The Kier molecular flexibility index (Phi) is 5.45. The van der Waals surface area contributed by atoms with Crippen molar-refractivity contribution in [2.75, 3.05) is 24.4 Å². The molecule has 2 rings (SSSR count). The van der Waals surface area contributed by atoms with Gasteiger partial charge < -0.3 is 4.74 Å². The zero-order valence-electron chi connectivity index (χ0n) is 11.7. The van der Waals surface area contributed by atoms with E-state index in [-0.39, 0.29) is 6.04 Å². The number of nitrogens with two attached hydrogens (primary N) is 1. The van der Waals surface area contributed by atoms with Crippen LogP contribution in [0.4, 0.5) is 0 Å². The molecular weight excluding hydrogens is 276 g/mol. The van der Waals surface area contributed by atoms with E-state index in [9.17, 15) is 0 Å². The van der Waals surface area contributed by atoms with Crippen LogP contribution in [-0.4, -0.2) is 29.6 Å². The van der Waals surface area contributed by atoms with Gasteiger partial charge in [-0.05, 0) is 36.6 Å². The Morgan fingerprint density at radius 1 is 1.32 bits per heavy atom. The van der Waals surface area contributed by atoms with Gasteiger partial charge in [0.05, 0.1) is 13.2 Å². The van der Waals surface area contributed by atoms with Crippen molar-refractivity contribution in [3.8, 4) is 5.75 Å². The molecule has 1 saturated heterocycles. The number of benzene rings is 1. The van der Waals surface area contributed by atoms with Gasteiger partial charge in [0.1, 0.15) is 5.75 Å². The highest BCUT2D eigenvalue weighted by Gasteiger charge is 2.26. The maximum Gasteiger partial charge on any atom is 0.122 e. The second-order valence-electron chi connectivity index (χ2n) is 4.81. The molecule has 1 aliphatic rings. The van der Waals surface area contributed by atoms with Crippen LogP contribution < -0.4 is 16.0 Å². The van der Waals surface area contributed by atoms with Crippen molar-refractivity contribution in [1.82, 2.24) is 5.43 Å². The van der Waals surface area contributed by atoms with Crippen molar-refractivity contribution < 1.29 is 4.74 Å². The molecule has 106 valence electrons. The van der Waals surface area contributed by atoms with Crippen molar-refractivity contribution in [2.24, 2.45) is 5.84 Å². The van der Waals surface area contributed by atoms with Crippen LogP contribution in [0.15, 0.2) is 12.1 Å². The molecule has 2 unspecified atom stereocenters. The zero-order valence-corrected chi connectivity index (χ0v) is 13.4. The number of ether oxygens (including phenoxy) is 1. The number of hydrogen-bond donors (Lipinski definition) is 2. The van der Waals surface area contributed by atoms with E-state index in [4.69, 9.17) is 10.6 Å². The highest BCUT2D eigenvalue weighted by Crippen LogP contribution is 2.36. The summed E-state index contributed by atoms with van der Waals surface area (Å²) < 4.78 is 5.38. The lowest BCUT2D eigenvalue weighted by Crippen LogP contribution is -2.38. The highest BCUT2D eigenvalue weighted by molar-refractivity contribution is 8.06. The number of nitrogens with one attached hydrogen (secondary N) is 1. The maximum absolute atomic E-state index is 5.82. The van der Waals surface area contributed by atoms with Crippen LogP contribution >= 0.6 is 23.5 Å². The van der Waals surface area contributed by atoms with Crippen molar-refractivity contribution in [2.45, 2.75) is 25.1 Å². The molecule has 1 fully saturated rings. The van der Waals surface area contributed by atoms with Gasteiger partial charge in [0.25, 0.3) is 0 Å². The molecular formula is C14H22N2OS2. The quantitative estimate of drug-likeness (QED) is 0.661. The lowest BCUT2D eigenvalue weighted by molar-refractivity contribution is 0.410. The molecule has 0 saturated carbocycles. The van der Waals surface area contributed by atoms with Gasteiger partial charge in [-0.3, -0.25) is 11.3 Å². The van der Waals surface area contributed by atoms with E-state index in [1.807, 2.05) is 23.5 Å². The molecule has 0 aliphatic carbocycles. The Morgan fingerprint density at radius 3 is 2.68 bits per heavy atom. The van der Waals surface area contributed by atoms with E-state index in [0.29, 0.717) is 5.25 Å². The summed E-state index contributed by atoms with van der Waals surface area (Å²) in [6.07, 6.45) is 0. The van der Waals surface area contributed by atoms with Crippen molar-refractivity contribution in [3.63, 3.8) is 0 Å². The fourth-order valence-corrected chi connectivity index (χ4v) is 5.30. The standard InChI is InChI=1S/C14H22N2OS2/c1-9-7-12(17-3)10(2)6-11(9)14(16-15)13-8-18-4-5-19-13/h6-7,13-14,16H,4-5,8,15H2,1-3H3. The Labute approximate surface area is 124 Å². The largest absolute Gasteiger partial charge is 0.496 e. The van der Waals surface area contributed by atoms with Gasteiger partial charge in [-0.1, -0.05) is 6.07 Å². The van der Waals surface area contributed by atoms with Crippen molar-refractivity contribution in [3.05, 3.63) is 28.8 Å². The van der Waals surface area contributed by atoms with Gasteiger partial charge in [-0.2, -0.15) is 23.5 Å². The minimum Gasteiger partial charge on any atom is -0.496 e. The van der Waals surface area contributed by atoms with E-state index >= 15 is 0 Å². The van der Waals surface area contributed by atoms with Crippen molar-refractivity contribution in [1.29, 1.82) is 0 Å². The molecule has 0 amide bonds. The summed E-state index contributed by atoms with van der Waals surface area (Å²) in [5, 5.41) is 0.537. The number of rotatable bonds is 4. The molecule has 1 aliphatic heterocycles. The molecule has 1 aromatic rings. The lowest BCUT2D eigenvalue weighted by Gasteiger charge is -2.30. The summed E-state index contributed by atoms with van der Waals surface area (Å²) in [4.78, 5) is 0. The average Bonchev–Trinajstić information content (AvgIpc) is 2.44. The predicted octanol–water partition coefficient (Wildman–Crippen LogP) is 2.67. The van der Waals surface area contributed by atoms with Gasteiger partial charge in [0, 0.05) is 22.5 Å². The van der Waals surface area contributed by atoms with Crippen LogP contribution in [0.1, 0.15) is 22.7 Å². The number of methoxy groups -OCH3 is 1. The molecule has 1 aromatic carbocycles. The zero-order chi connectivity index (χ0) is 13.8. The van der Waals surface area contributed by atoms with E-state index in [2.05, 4.69) is 31.4 Å². The maximum atomic E-state index is 5.82. The molecule has 3 nitrogen and oxygen atoms in total. The van der Waals surface area contributed by atoms with Crippen LogP contribution in [0.5, 0.6) is 5.75 Å². The van der Waals surface area contributed by atoms with Crippen LogP contribution in [0.2, 0.25) is 0 Å². The third-order valence-corrected chi connectivity index (χ3v) is 6.38. The van der Waals surface area contributed by atoms with Gasteiger partial charge in [0.15, 0.2) is 0 Å². The van der Waals surface area contributed by atoms with Gasteiger partial charge in [-0.25, -0.2) is 0 Å². The number of aryl methyl sites for hydroxylation is 2. The third kappa shape index (κ3) is 3.40. The van der Waals surface area contributed by atoms with Gasteiger partial charge in [0.2, 0.25) is 0 Å². The molecule has 0 spiro atoms. The Hall–Kier alpha value is -0.360. The molecule has 0 radical (unpaired) electrons. The topological polar surface area (TPSA) is 47.3 Å². The predicted molar refractivity (Wildman–Crippen MR) is 86.1 cm³/mol. The summed E-state index contributed by atoms with van der Waals surface area (Å²) in [5.74, 6) is 10.4. The first-order chi connectivity index (χ1) is 9.17. The van der Waals surface area contributed by atoms with Crippen LogP contribution in [0.3, 0.4) is 0 Å². The van der Waals surface area contributed by atoms with Crippen LogP contribution in [0.25, 0.3) is 0 Å². The first-order valence-electron chi connectivity index (χ1n) is 6.48. The van der Waals surface area contributed by atoms with Crippen LogP contribution in [0, 0.1) is 13.8 Å². The third-order valence-electron chi connectivity index (χ3n) is 3.51. The summed E-state index contributed by atoms with van der Waals surface area (Å²) in [6, 6.07) is 4.52. The average molecular weight is 298 g/mol. The smallest absolute Gasteiger partial charge is 0.122 e. The van der Waals surface area contributed by atoms with Crippen molar-refractivity contribution >= 4 is 23.5 Å². The van der Waals surface area contributed by atoms with Gasteiger partial charge in [-0.15, -0.1) is 0 Å². The van der Waals surface area contributed by atoms with E-state index < -0.39 is 0 Å². The highest BCUT2D eigenvalue weighted by atomic mass is 32.2. The Bertz CT molecular complexity index is 434. The Balaban J connectivity index is 2.29. The van der Waals surface area contributed by atoms with Crippen LogP contribution in [-0.2, 0) is 0 Å². The molecule has 0 bridgehead atoms. The molecule has 2 atom stereocenters. The SMILES string of the molecule is COc1cc(C)c(C(NN)C2CSCCS2)cc1C. The summed E-state index contributed by atoms with van der Waals surface area (Å²) in [5.41, 5.74) is 6.71. The first-order valence-corrected chi connectivity index (χ1v) is 8.68. The normalized spacial score (nSPS) is 21.2. The van der Waals surface area contributed by atoms with E-state index in [1.165, 1.54) is 22.6 Å². The molecule has 5 heteroatoms. The summed E-state index contributed by atoms with van der Waals surface area (Å²) >= 11 is 4.04. The fourth-order valence-electron chi connectivity index (χ4n) is 2.46.